The van der Waals surface area contributed by atoms with Crippen LogP contribution in [0, 0.1) is 0 Å². The van der Waals surface area contributed by atoms with Gasteiger partial charge in [0.15, 0.2) is 0 Å². The fraction of sp³-hybridized carbons (Fsp3) is 0.519. The van der Waals surface area contributed by atoms with Crippen LogP contribution >= 0.6 is 11.8 Å². The molecule has 0 radical (unpaired) electrons. The van der Waals surface area contributed by atoms with Crippen molar-refractivity contribution in [2.24, 2.45) is 0 Å². The first-order valence-electron chi connectivity index (χ1n) is 11.6. The minimum Gasteiger partial charge on any atom is -0.281 e. The molecule has 0 aliphatic heterocycles. The van der Waals surface area contributed by atoms with Gasteiger partial charge in [-0.25, -0.2) is 0 Å². The molecule has 0 aromatic heterocycles. The third-order valence-corrected chi connectivity index (χ3v) is 6.39. The van der Waals surface area contributed by atoms with E-state index in [0.29, 0.717) is 0 Å². The molecule has 0 unspecified atom stereocenters. The zero-order valence-corrected chi connectivity index (χ0v) is 19.2. The number of hydrogen-bond donors (Lipinski definition) is 0. The molecule has 0 atom stereocenters. The number of benzene rings is 2. The molecule has 158 valence electrons. The van der Waals surface area contributed by atoms with E-state index in [1.165, 1.54) is 87.1 Å². The van der Waals surface area contributed by atoms with Crippen LogP contribution in [0.5, 0.6) is 0 Å². The maximum Gasteiger partial charge on any atom is 0.224 e. The van der Waals surface area contributed by atoms with Crippen molar-refractivity contribution in [2.45, 2.75) is 95.8 Å². The Morgan fingerprint density at radius 1 is 0.621 bits per heavy atom. The van der Waals surface area contributed by atoms with Gasteiger partial charge in [0.25, 0.3) is 0 Å². The zero-order valence-electron chi connectivity index (χ0n) is 18.4. The van der Waals surface area contributed by atoms with Gasteiger partial charge in [-0.1, -0.05) is 102 Å². The van der Waals surface area contributed by atoms with Gasteiger partial charge in [-0.05, 0) is 60.7 Å². The molecular weight excluding hydrogens is 372 g/mol. The second-order valence-electron chi connectivity index (χ2n) is 8.06. The van der Waals surface area contributed by atoms with Gasteiger partial charge in [0.05, 0.1) is 0 Å². The molecule has 1 nitrogen and oxygen atoms in total. The minimum absolute atomic E-state index is 0.131. The Hall–Kier alpha value is -1.54. The van der Waals surface area contributed by atoms with E-state index in [4.69, 9.17) is 0 Å². The van der Waals surface area contributed by atoms with Gasteiger partial charge in [0, 0.05) is 10.5 Å². The number of unbranched alkanes of at least 4 members (excludes halogenated alkanes) is 8. The Morgan fingerprint density at radius 2 is 1.07 bits per heavy atom. The van der Waals surface area contributed by atoms with E-state index < -0.39 is 0 Å². The van der Waals surface area contributed by atoms with Crippen molar-refractivity contribution in [3.8, 4) is 0 Å². The first-order valence-corrected chi connectivity index (χ1v) is 12.4. The summed E-state index contributed by atoms with van der Waals surface area (Å²) >= 11 is 1.33. The van der Waals surface area contributed by atoms with Gasteiger partial charge in [-0.2, -0.15) is 0 Å². The quantitative estimate of drug-likeness (QED) is 0.229. The van der Waals surface area contributed by atoms with Crippen molar-refractivity contribution in [1.29, 1.82) is 0 Å². The van der Waals surface area contributed by atoms with Crippen LogP contribution in [0.2, 0.25) is 0 Å². The summed E-state index contributed by atoms with van der Waals surface area (Å²) in [6, 6.07) is 16.7. The average Bonchev–Trinajstić information content (AvgIpc) is 2.75. The summed E-state index contributed by atoms with van der Waals surface area (Å²) in [6.07, 6.45) is 15.4. The lowest BCUT2D eigenvalue weighted by atomic mass is 10.0. The molecule has 0 fully saturated rings. The fourth-order valence-electron chi connectivity index (χ4n) is 3.56. The second-order valence-corrected chi connectivity index (χ2v) is 9.11. The average molecular weight is 411 g/mol. The lowest BCUT2D eigenvalue weighted by molar-refractivity contribution is 0.108. The molecule has 0 aliphatic rings. The summed E-state index contributed by atoms with van der Waals surface area (Å²) in [5.41, 5.74) is 3.51. The Bertz CT molecular complexity index is 687. The smallest absolute Gasteiger partial charge is 0.224 e. The van der Waals surface area contributed by atoms with Gasteiger partial charge in [0.2, 0.25) is 5.12 Å². The Morgan fingerprint density at radius 3 is 1.66 bits per heavy atom. The van der Waals surface area contributed by atoms with Crippen LogP contribution in [0.1, 0.15) is 99.5 Å². The highest BCUT2D eigenvalue weighted by atomic mass is 32.2. The highest BCUT2D eigenvalue weighted by Gasteiger charge is 2.08. The van der Waals surface area contributed by atoms with Crippen LogP contribution in [0.15, 0.2) is 53.4 Å². The molecule has 0 spiro atoms. The number of carbonyl (C=O) groups excluding carboxylic acids is 1. The topological polar surface area (TPSA) is 17.1 Å². The van der Waals surface area contributed by atoms with Crippen LogP contribution in [0.25, 0.3) is 0 Å². The van der Waals surface area contributed by atoms with E-state index in [0.717, 1.165) is 23.3 Å². The number of aryl methyl sites for hydroxylation is 2. The van der Waals surface area contributed by atoms with Gasteiger partial charge in [-0.15, -0.1) is 0 Å². The molecule has 0 saturated heterocycles. The normalized spacial score (nSPS) is 11.0. The lowest BCUT2D eigenvalue weighted by Gasteiger charge is -2.06. The van der Waals surface area contributed by atoms with E-state index in [1.54, 1.807) is 0 Å². The third-order valence-electron chi connectivity index (χ3n) is 5.46. The van der Waals surface area contributed by atoms with Crippen molar-refractivity contribution in [1.82, 2.24) is 0 Å². The van der Waals surface area contributed by atoms with E-state index in [2.05, 4.69) is 50.2 Å². The van der Waals surface area contributed by atoms with Crippen molar-refractivity contribution in [3.63, 3.8) is 0 Å². The first kappa shape index (κ1) is 23.7. The van der Waals surface area contributed by atoms with Gasteiger partial charge in [-0.3, -0.25) is 4.79 Å². The fourth-order valence-corrected chi connectivity index (χ4v) is 4.30. The summed E-state index contributed by atoms with van der Waals surface area (Å²) in [7, 11) is 0. The van der Waals surface area contributed by atoms with Crippen LogP contribution < -0.4 is 0 Å². The minimum atomic E-state index is 0.131. The van der Waals surface area contributed by atoms with Gasteiger partial charge < -0.3 is 0 Å². The molecule has 2 aromatic carbocycles. The van der Waals surface area contributed by atoms with Crippen molar-refractivity contribution in [3.05, 3.63) is 65.2 Å². The summed E-state index contributed by atoms with van der Waals surface area (Å²) in [5, 5.41) is 0.131. The van der Waals surface area contributed by atoms with E-state index in [1.807, 2.05) is 12.1 Å². The van der Waals surface area contributed by atoms with Crippen molar-refractivity contribution < 1.29 is 4.79 Å². The maximum absolute atomic E-state index is 12.6. The number of rotatable bonds is 14. The predicted molar refractivity (Wildman–Crippen MR) is 128 cm³/mol. The highest BCUT2D eigenvalue weighted by molar-refractivity contribution is 8.14. The van der Waals surface area contributed by atoms with Gasteiger partial charge in [0.1, 0.15) is 0 Å². The predicted octanol–water partition coefficient (Wildman–Crippen LogP) is 8.64. The molecular formula is C27H38OS. The van der Waals surface area contributed by atoms with Gasteiger partial charge >= 0.3 is 0 Å². The Labute approximate surface area is 182 Å². The Balaban J connectivity index is 1.72. The molecule has 0 aliphatic carbocycles. The largest absolute Gasteiger partial charge is 0.281 e. The monoisotopic (exact) mass is 410 g/mol. The van der Waals surface area contributed by atoms with E-state index in [9.17, 15) is 4.79 Å². The van der Waals surface area contributed by atoms with Crippen LogP contribution in [0.3, 0.4) is 0 Å². The number of thioether (sulfide) groups is 1. The van der Waals surface area contributed by atoms with E-state index >= 15 is 0 Å². The molecule has 0 heterocycles. The molecule has 2 rings (SSSR count). The molecule has 0 bridgehead atoms. The summed E-state index contributed by atoms with van der Waals surface area (Å²) < 4.78 is 0. The summed E-state index contributed by atoms with van der Waals surface area (Å²) in [6.45, 7) is 4.49. The summed E-state index contributed by atoms with van der Waals surface area (Å²) in [4.78, 5) is 13.6. The second kappa shape index (κ2) is 14.4. The molecule has 0 N–H and O–H groups in total. The zero-order chi connectivity index (χ0) is 20.7. The molecule has 0 saturated carbocycles. The highest BCUT2D eigenvalue weighted by Crippen LogP contribution is 2.24. The lowest BCUT2D eigenvalue weighted by Crippen LogP contribution is -1.95. The standard InChI is InChI=1S/C27H38OS/c1-3-5-7-8-9-10-12-14-23-15-19-25(20-16-23)27(28)29-26-21-17-24(18-22-26)13-11-6-4-2/h15-22H,3-14H2,1-2H3. The van der Waals surface area contributed by atoms with Crippen LogP contribution in [-0.2, 0) is 12.8 Å². The van der Waals surface area contributed by atoms with Crippen LogP contribution in [0.4, 0.5) is 0 Å². The molecule has 29 heavy (non-hydrogen) atoms. The maximum atomic E-state index is 12.6. The molecule has 2 heteroatoms. The Kier molecular flexibility index (Phi) is 11.8. The van der Waals surface area contributed by atoms with Crippen molar-refractivity contribution in [2.75, 3.05) is 0 Å². The van der Waals surface area contributed by atoms with E-state index in [-0.39, 0.29) is 5.12 Å². The SMILES string of the molecule is CCCCCCCCCc1ccc(C(=O)Sc2ccc(CCCCC)cc2)cc1. The first-order chi connectivity index (χ1) is 14.2. The summed E-state index contributed by atoms with van der Waals surface area (Å²) in [5.74, 6) is 0. The number of hydrogen-bond acceptors (Lipinski definition) is 2. The molecule has 2 aromatic rings. The molecule has 0 amide bonds. The number of carbonyl (C=O) groups is 1. The third kappa shape index (κ3) is 9.67. The van der Waals surface area contributed by atoms with Crippen LogP contribution in [-0.4, -0.2) is 5.12 Å². The van der Waals surface area contributed by atoms with Crippen molar-refractivity contribution >= 4 is 16.9 Å².